The van der Waals surface area contributed by atoms with Gasteiger partial charge in [0.25, 0.3) is 5.91 Å². The summed E-state index contributed by atoms with van der Waals surface area (Å²) in [6.07, 6.45) is 1.02. The molecule has 0 spiro atoms. The van der Waals surface area contributed by atoms with E-state index in [4.69, 9.17) is 25.8 Å². The van der Waals surface area contributed by atoms with Gasteiger partial charge in [-0.05, 0) is 67.8 Å². The molecule has 1 aliphatic rings. The second kappa shape index (κ2) is 17.4. The Morgan fingerprint density at radius 3 is 2.28 bits per heavy atom. The van der Waals surface area contributed by atoms with Gasteiger partial charge in [0.15, 0.2) is 6.61 Å². The van der Waals surface area contributed by atoms with Crippen LogP contribution in [0.2, 0.25) is 5.02 Å². The fourth-order valence-electron chi connectivity index (χ4n) is 4.93. The number of ether oxygens (including phenoxy) is 3. The zero-order chi connectivity index (χ0) is 32.9. The van der Waals surface area contributed by atoms with Crippen molar-refractivity contribution in [1.82, 2.24) is 14.5 Å². The fraction of sp³-hybridized carbons (Fsp3) is 0.412. The number of halogens is 1. The lowest BCUT2D eigenvalue weighted by Crippen LogP contribution is -2.52. The van der Waals surface area contributed by atoms with Gasteiger partial charge >= 0.3 is 0 Å². The van der Waals surface area contributed by atoms with E-state index in [1.54, 1.807) is 12.1 Å². The van der Waals surface area contributed by atoms with Crippen molar-refractivity contribution >= 4 is 33.4 Å². The highest BCUT2D eigenvalue weighted by Crippen LogP contribution is 2.22. The largest absolute Gasteiger partial charge is 0.484 e. The number of hydrogen-bond donors (Lipinski definition) is 1. The van der Waals surface area contributed by atoms with Crippen LogP contribution in [-0.4, -0.2) is 87.6 Å². The van der Waals surface area contributed by atoms with E-state index in [1.165, 1.54) is 33.5 Å². The SMILES string of the molecule is CC(C)OCCCNC(=O)[C@H](Cc1ccccc1)N(Cc1ccc(Cl)cc1)C(=O)COc1ccc(S(=O)(=O)N2CCOCC2)cc1. The molecule has 1 aliphatic heterocycles. The highest BCUT2D eigenvalue weighted by atomic mass is 35.5. The molecule has 0 aliphatic carbocycles. The molecule has 248 valence electrons. The lowest BCUT2D eigenvalue weighted by molar-refractivity contribution is -0.142. The maximum absolute atomic E-state index is 13.9. The minimum Gasteiger partial charge on any atom is -0.484 e. The van der Waals surface area contributed by atoms with E-state index in [2.05, 4.69) is 5.32 Å². The van der Waals surface area contributed by atoms with E-state index >= 15 is 0 Å². The zero-order valence-corrected chi connectivity index (χ0v) is 27.8. The number of carbonyl (C=O) groups is 2. The summed E-state index contributed by atoms with van der Waals surface area (Å²) in [5, 5.41) is 3.55. The molecule has 10 nitrogen and oxygen atoms in total. The van der Waals surface area contributed by atoms with Crippen molar-refractivity contribution < 1.29 is 32.2 Å². The van der Waals surface area contributed by atoms with Crippen LogP contribution >= 0.6 is 11.6 Å². The smallest absolute Gasteiger partial charge is 0.261 e. The summed E-state index contributed by atoms with van der Waals surface area (Å²) < 4.78 is 44.1. The van der Waals surface area contributed by atoms with Crippen molar-refractivity contribution in [3.05, 3.63) is 95.0 Å². The molecule has 3 aromatic rings. The Bertz CT molecular complexity index is 1500. The summed E-state index contributed by atoms with van der Waals surface area (Å²) in [6.45, 7) is 5.91. The Labute approximate surface area is 276 Å². The lowest BCUT2D eigenvalue weighted by atomic mass is 10.0. The van der Waals surface area contributed by atoms with Crippen LogP contribution in [0.1, 0.15) is 31.4 Å². The van der Waals surface area contributed by atoms with Crippen molar-refractivity contribution in [3.63, 3.8) is 0 Å². The van der Waals surface area contributed by atoms with Crippen molar-refractivity contribution in [2.45, 2.75) is 50.3 Å². The first-order valence-electron chi connectivity index (χ1n) is 15.4. The number of nitrogens with one attached hydrogen (secondary N) is 1. The van der Waals surface area contributed by atoms with Gasteiger partial charge in [0.05, 0.1) is 24.2 Å². The Morgan fingerprint density at radius 2 is 1.63 bits per heavy atom. The first-order valence-corrected chi connectivity index (χ1v) is 17.2. The zero-order valence-electron chi connectivity index (χ0n) is 26.3. The highest BCUT2D eigenvalue weighted by Gasteiger charge is 2.31. The standard InChI is InChI=1S/C34H42ClN3O7S/c1-26(2)44-20-6-17-36-34(40)32(23-27-7-4-3-5-8-27)38(24-28-9-11-29(35)12-10-28)33(39)25-45-30-13-15-31(16-14-30)46(41,42)37-18-21-43-22-19-37/h3-5,7-16,26,32H,6,17-25H2,1-2H3,(H,36,40)/t32-/m0/s1. The molecule has 4 rings (SSSR count). The van der Waals surface area contributed by atoms with Crippen LogP contribution in [-0.2, 0) is 42.1 Å². The molecule has 1 saturated heterocycles. The molecule has 0 bridgehead atoms. The summed E-state index contributed by atoms with van der Waals surface area (Å²) in [6, 6.07) is 21.8. The first-order chi connectivity index (χ1) is 22.1. The average molecular weight is 672 g/mol. The molecule has 0 saturated carbocycles. The molecule has 2 amide bonds. The second-order valence-electron chi connectivity index (χ2n) is 11.2. The molecule has 12 heteroatoms. The van der Waals surface area contributed by atoms with Crippen LogP contribution < -0.4 is 10.1 Å². The Balaban J connectivity index is 1.51. The van der Waals surface area contributed by atoms with E-state index in [1.807, 2.05) is 56.3 Å². The summed E-state index contributed by atoms with van der Waals surface area (Å²) in [7, 11) is -3.67. The third-order valence-corrected chi connectivity index (χ3v) is 9.57. The van der Waals surface area contributed by atoms with Gasteiger partial charge in [-0.3, -0.25) is 9.59 Å². The third kappa shape index (κ3) is 10.5. The molecule has 1 atom stereocenters. The van der Waals surface area contributed by atoms with Crippen LogP contribution in [0.5, 0.6) is 5.75 Å². The molecule has 0 radical (unpaired) electrons. The van der Waals surface area contributed by atoms with Crippen LogP contribution in [0.3, 0.4) is 0 Å². The van der Waals surface area contributed by atoms with Gasteiger partial charge in [-0.1, -0.05) is 54.1 Å². The molecule has 46 heavy (non-hydrogen) atoms. The van der Waals surface area contributed by atoms with Gasteiger partial charge in [0, 0.05) is 44.2 Å². The number of amides is 2. The predicted molar refractivity (Wildman–Crippen MR) is 176 cm³/mol. The highest BCUT2D eigenvalue weighted by molar-refractivity contribution is 7.89. The molecule has 0 aromatic heterocycles. The summed E-state index contributed by atoms with van der Waals surface area (Å²) >= 11 is 6.11. The number of carbonyl (C=O) groups excluding carboxylic acids is 2. The molecular weight excluding hydrogens is 630 g/mol. The summed E-state index contributed by atoms with van der Waals surface area (Å²) in [5.74, 6) is -0.359. The molecule has 1 N–H and O–H groups in total. The maximum atomic E-state index is 13.9. The van der Waals surface area contributed by atoms with E-state index in [0.29, 0.717) is 63.1 Å². The third-order valence-electron chi connectivity index (χ3n) is 7.40. The number of benzene rings is 3. The van der Waals surface area contributed by atoms with Gasteiger partial charge in [-0.2, -0.15) is 4.31 Å². The molecule has 1 fully saturated rings. The van der Waals surface area contributed by atoms with Crippen molar-refractivity contribution in [3.8, 4) is 5.75 Å². The van der Waals surface area contributed by atoms with Gasteiger partial charge in [0.2, 0.25) is 15.9 Å². The van der Waals surface area contributed by atoms with Gasteiger partial charge in [0.1, 0.15) is 11.8 Å². The van der Waals surface area contributed by atoms with Crippen molar-refractivity contribution in [2.24, 2.45) is 0 Å². The Hall–Kier alpha value is -3.48. The van der Waals surface area contributed by atoms with E-state index < -0.39 is 22.0 Å². The molecular formula is C34H42ClN3O7S. The van der Waals surface area contributed by atoms with Crippen LogP contribution in [0.4, 0.5) is 0 Å². The molecule has 3 aromatic carbocycles. The first kappa shape index (κ1) is 35.4. The Morgan fingerprint density at radius 1 is 0.957 bits per heavy atom. The quantitative estimate of drug-likeness (QED) is 0.226. The van der Waals surface area contributed by atoms with Crippen molar-refractivity contribution in [1.29, 1.82) is 0 Å². The summed E-state index contributed by atoms with van der Waals surface area (Å²) in [4.78, 5) is 29.2. The Kier molecular flexibility index (Phi) is 13.4. The number of rotatable bonds is 16. The van der Waals surface area contributed by atoms with Crippen molar-refractivity contribution in [2.75, 3.05) is 46.1 Å². The number of hydrogen-bond acceptors (Lipinski definition) is 7. The number of morpholine rings is 1. The van der Waals surface area contributed by atoms with E-state index in [0.717, 1.165) is 11.1 Å². The number of sulfonamides is 1. The van der Waals surface area contributed by atoms with E-state index in [-0.39, 0.29) is 30.1 Å². The normalized spacial score (nSPS) is 14.5. The minimum absolute atomic E-state index is 0.0967. The second-order valence-corrected chi connectivity index (χ2v) is 13.6. The fourth-order valence-corrected chi connectivity index (χ4v) is 6.47. The summed E-state index contributed by atoms with van der Waals surface area (Å²) in [5.41, 5.74) is 1.70. The molecule has 0 unspecified atom stereocenters. The lowest BCUT2D eigenvalue weighted by Gasteiger charge is -2.31. The van der Waals surface area contributed by atoms with Gasteiger partial charge in [-0.25, -0.2) is 8.42 Å². The average Bonchev–Trinajstić information content (AvgIpc) is 3.06. The van der Waals surface area contributed by atoms with Crippen LogP contribution in [0.25, 0.3) is 0 Å². The van der Waals surface area contributed by atoms with Gasteiger partial charge < -0.3 is 24.4 Å². The van der Waals surface area contributed by atoms with Crippen LogP contribution in [0, 0.1) is 0 Å². The minimum atomic E-state index is -3.67. The monoisotopic (exact) mass is 671 g/mol. The topological polar surface area (TPSA) is 114 Å². The number of nitrogens with zero attached hydrogens (tertiary/aromatic N) is 2. The maximum Gasteiger partial charge on any atom is 0.261 e. The predicted octanol–water partition coefficient (Wildman–Crippen LogP) is 4.31. The van der Waals surface area contributed by atoms with Crippen LogP contribution in [0.15, 0.2) is 83.8 Å². The van der Waals surface area contributed by atoms with Gasteiger partial charge in [-0.15, -0.1) is 0 Å². The molecule has 1 heterocycles. The van der Waals surface area contributed by atoms with E-state index in [9.17, 15) is 18.0 Å².